The molecule has 0 spiro atoms. The fourth-order valence-corrected chi connectivity index (χ4v) is 0.780. The van der Waals surface area contributed by atoms with Gasteiger partial charge < -0.3 is 9.72 Å². The number of hydrogen-bond donors (Lipinski definition) is 1. The Morgan fingerprint density at radius 3 is 2.90 bits per heavy atom. The van der Waals surface area contributed by atoms with Crippen molar-refractivity contribution in [2.45, 2.75) is 6.92 Å². The Labute approximate surface area is 64.9 Å². The van der Waals surface area contributed by atoms with Gasteiger partial charge in [-0.3, -0.25) is 0 Å². The molecule has 0 unspecified atom stereocenters. The molecule has 2 nitrogen and oxygen atoms in total. The van der Waals surface area contributed by atoms with Crippen LogP contribution < -0.4 is 4.74 Å². The minimum absolute atomic E-state index is 0.685. The predicted molar refractivity (Wildman–Crippen MR) is 42.8 cm³/mol. The quantitative estimate of drug-likeness (QED) is 0.662. The van der Waals surface area contributed by atoms with Crippen molar-refractivity contribution in [1.82, 2.24) is 4.98 Å². The summed E-state index contributed by atoms with van der Waals surface area (Å²) in [5, 5.41) is 0. The normalized spacial score (nSPS) is 9.30. The lowest BCUT2D eigenvalue weighted by molar-refractivity contribution is 0.339. The third-order valence-electron chi connectivity index (χ3n) is 1.07. The zero-order valence-electron chi connectivity index (χ0n) is 5.76. The molecule has 0 aliphatic heterocycles. The lowest BCUT2D eigenvalue weighted by Crippen LogP contribution is -1.90. The Morgan fingerprint density at radius 2 is 2.40 bits per heavy atom. The number of aromatic amines is 1. The van der Waals surface area contributed by atoms with E-state index in [-0.39, 0.29) is 0 Å². The van der Waals surface area contributed by atoms with Gasteiger partial charge in [-0.2, -0.15) is 0 Å². The van der Waals surface area contributed by atoms with E-state index in [1.54, 1.807) is 12.3 Å². The van der Waals surface area contributed by atoms with Crippen LogP contribution in [0.2, 0.25) is 0 Å². The molecule has 0 bridgehead atoms. The van der Waals surface area contributed by atoms with E-state index in [0.717, 1.165) is 10.4 Å². The summed E-state index contributed by atoms with van der Waals surface area (Å²) >= 11 is 4.84. The maximum atomic E-state index is 5.18. The molecule has 0 aromatic carbocycles. The fraction of sp³-hybridized carbons (Fsp3) is 0.286. The van der Waals surface area contributed by atoms with Gasteiger partial charge >= 0.3 is 0 Å². The highest BCUT2D eigenvalue weighted by Gasteiger charge is 1.86. The first kappa shape index (κ1) is 7.28. The summed E-state index contributed by atoms with van der Waals surface area (Å²) < 4.78 is 5.91. The molecule has 0 saturated heterocycles. The Morgan fingerprint density at radius 1 is 1.60 bits per heavy atom. The zero-order chi connectivity index (χ0) is 7.40. The van der Waals surface area contributed by atoms with Gasteiger partial charge in [-0.1, -0.05) is 12.2 Å². The minimum Gasteiger partial charge on any atom is -0.492 e. The number of nitrogens with one attached hydrogen (secondary N) is 1. The van der Waals surface area contributed by atoms with Crippen molar-refractivity contribution in [3.05, 3.63) is 23.0 Å². The molecule has 3 heteroatoms. The Hall–Kier alpha value is -0.830. The summed E-state index contributed by atoms with van der Waals surface area (Å²) in [5.41, 5.74) is 0. The Bertz CT molecular complexity index is 236. The molecule has 1 rings (SSSR count). The van der Waals surface area contributed by atoms with E-state index in [9.17, 15) is 0 Å². The van der Waals surface area contributed by atoms with Gasteiger partial charge in [0.1, 0.15) is 10.4 Å². The summed E-state index contributed by atoms with van der Waals surface area (Å²) in [5.74, 6) is 0.830. The maximum absolute atomic E-state index is 5.18. The molecule has 10 heavy (non-hydrogen) atoms. The highest BCUT2D eigenvalue weighted by atomic mass is 32.1. The zero-order valence-corrected chi connectivity index (χ0v) is 6.57. The van der Waals surface area contributed by atoms with Crippen molar-refractivity contribution in [2.24, 2.45) is 0 Å². The van der Waals surface area contributed by atoms with E-state index >= 15 is 0 Å². The maximum Gasteiger partial charge on any atom is 0.135 e. The van der Waals surface area contributed by atoms with E-state index in [4.69, 9.17) is 17.0 Å². The molecular formula is C7H9NOS. The third kappa shape index (κ3) is 1.84. The molecule has 0 saturated carbocycles. The number of aromatic nitrogens is 1. The van der Waals surface area contributed by atoms with Crippen LogP contribution in [-0.2, 0) is 0 Å². The first-order chi connectivity index (χ1) is 4.83. The molecule has 0 amide bonds. The Balaban J connectivity index is 2.79. The van der Waals surface area contributed by atoms with Crippen LogP contribution >= 0.6 is 12.2 Å². The van der Waals surface area contributed by atoms with Gasteiger partial charge in [0, 0.05) is 6.20 Å². The molecule has 1 aromatic heterocycles. The van der Waals surface area contributed by atoms with Crippen LogP contribution in [0.5, 0.6) is 5.75 Å². The van der Waals surface area contributed by atoms with Crippen LogP contribution in [0.1, 0.15) is 6.92 Å². The number of ether oxygens (including phenoxy) is 1. The summed E-state index contributed by atoms with van der Waals surface area (Å²) in [4.78, 5) is 2.87. The molecule has 0 fully saturated rings. The largest absolute Gasteiger partial charge is 0.492 e. The topological polar surface area (TPSA) is 25.0 Å². The van der Waals surface area contributed by atoms with Crippen LogP contribution in [0.15, 0.2) is 18.3 Å². The Kier molecular flexibility index (Phi) is 2.45. The molecular weight excluding hydrogens is 146 g/mol. The van der Waals surface area contributed by atoms with Crippen molar-refractivity contribution in [3.8, 4) is 5.75 Å². The average molecular weight is 155 g/mol. The number of rotatable bonds is 2. The van der Waals surface area contributed by atoms with Crippen molar-refractivity contribution in [3.63, 3.8) is 0 Å². The SMILES string of the molecule is CCOc1ccc(=S)[nH]c1. The second kappa shape index (κ2) is 3.37. The van der Waals surface area contributed by atoms with Crippen LogP contribution in [0.3, 0.4) is 0 Å². The molecule has 0 aliphatic rings. The molecule has 1 heterocycles. The summed E-state index contributed by atoms with van der Waals surface area (Å²) in [6.45, 7) is 2.63. The van der Waals surface area contributed by atoms with E-state index in [2.05, 4.69) is 4.98 Å². The van der Waals surface area contributed by atoms with Crippen molar-refractivity contribution in [1.29, 1.82) is 0 Å². The monoisotopic (exact) mass is 155 g/mol. The van der Waals surface area contributed by atoms with Crippen molar-refractivity contribution in [2.75, 3.05) is 6.61 Å². The third-order valence-corrected chi connectivity index (χ3v) is 1.32. The number of H-pyrrole nitrogens is 1. The van der Waals surface area contributed by atoms with Gasteiger partial charge in [-0.05, 0) is 19.1 Å². The van der Waals surface area contributed by atoms with Crippen LogP contribution in [-0.4, -0.2) is 11.6 Å². The van der Waals surface area contributed by atoms with Gasteiger partial charge in [-0.25, -0.2) is 0 Å². The van der Waals surface area contributed by atoms with Crippen LogP contribution in [0.25, 0.3) is 0 Å². The van der Waals surface area contributed by atoms with Crippen LogP contribution in [0.4, 0.5) is 0 Å². The summed E-state index contributed by atoms with van der Waals surface area (Å²) in [7, 11) is 0. The fourth-order valence-electron chi connectivity index (χ4n) is 0.653. The minimum atomic E-state index is 0.685. The van der Waals surface area contributed by atoms with E-state index in [1.807, 2.05) is 13.0 Å². The standard InChI is InChI=1S/C7H9NOS/c1-2-9-6-3-4-7(10)8-5-6/h3-5H,2H2,1H3,(H,8,10). The lowest BCUT2D eigenvalue weighted by atomic mass is 10.5. The van der Waals surface area contributed by atoms with Gasteiger partial charge in [0.2, 0.25) is 0 Å². The second-order valence-corrected chi connectivity index (χ2v) is 2.26. The van der Waals surface area contributed by atoms with E-state index in [0.29, 0.717) is 6.61 Å². The van der Waals surface area contributed by atoms with Crippen LogP contribution in [0, 0.1) is 4.64 Å². The summed E-state index contributed by atoms with van der Waals surface area (Å²) in [6, 6.07) is 3.66. The molecule has 0 aliphatic carbocycles. The van der Waals surface area contributed by atoms with Crippen molar-refractivity contribution >= 4 is 12.2 Å². The highest BCUT2D eigenvalue weighted by Crippen LogP contribution is 2.05. The number of pyridine rings is 1. The highest BCUT2D eigenvalue weighted by molar-refractivity contribution is 7.71. The first-order valence-corrected chi connectivity index (χ1v) is 3.55. The van der Waals surface area contributed by atoms with Crippen molar-refractivity contribution < 1.29 is 4.74 Å². The molecule has 1 N–H and O–H groups in total. The van der Waals surface area contributed by atoms with E-state index < -0.39 is 0 Å². The van der Waals surface area contributed by atoms with E-state index in [1.165, 1.54) is 0 Å². The van der Waals surface area contributed by atoms with Gasteiger partial charge in [-0.15, -0.1) is 0 Å². The first-order valence-electron chi connectivity index (χ1n) is 3.14. The summed E-state index contributed by atoms with van der Waals surface area (Å²) in [6.07, 6.45) is 1.76. The van der Waals surface area contributed by atoms with Gasteiger partial charge in [0.15, 0.2) is 0 Å². The average Bonchev–Trinajstić information content (AvgIpc) is 1.95. The molecule has 54 valence electrons. The second-order valence-electron chi connectivity index (χ2n) is 1.82. The molecule has 1 aromatic rings. The molecule has 0 atom stereocenters. The lowest BCUT2D eigenvalue weighted by Gasteiger charge is -1.99. The van der Waals surface area contributed by atoms with Gasteiger partial charge in [0.25, 0.3) is 0 Å². The molecule has 0 radical (unpaired) electrons. The number of hydrogen-bond acceptors (Lipinski definition) is 2. The van der Waals surface area contributed by atoms with Gasteiger partial charge in [0.05, 0.1) is 6.61 Å². The smallest absolute Gasteiger partial charge is 0.135 e. The predicted octanol–water partition coefficient (Wildman–Crippen LogP) is 2.14.